The van der Waals surface area contributed by atoms with Crippen molar-refractivity contribution < 1.29 is 24.2 Å². The zero-order valence-electron chi connectivity index (χ0n) is 16.4. The SMILES string of the molecule is COc1ccc(C2(C(=O)N[C@@H]3C(=O)N4C(C(=O)O)=C(C)CS[C@H]34)CCCC2)cc1. The molecule has 2 aliphatic heterocycles. The summed E-state index contributed by atoms with van der Waals surface area (Å²) >= 11 is 1.49. The molecular formula is C21H24N2O5S. The van der Waals surface area contributed by atoms with E-state index in [1.165, 1.54) is 16.7 Å². The van der Waals surface area contributed by atoms with Gasteiger partial charge < -0.3 is 15.2 Å². The van der Waals surface area contributed by atoms with Gasteiger partial charge in [-0.05, 0) is 43.0 Å². The van der Waals surface area contributed by atoms with Gasteiger partial charge in [0.05, 0.1) is 12.5 Å². The predicted molar refractivity (Wildman–Crippen MR) is 108 cm³/mol. The van der Waals surface area contributed by atoms with Crippen molar-refractivity contribution in [2.45, 2.75) is 49.4 Å². The normalized spacial score (nSPS) is 25.3. The van der Waals surface area contributed by atoms with Crippen molar-refractivity contribution in [3.8, 4) is 5.75 Å². The molecule has 154 valence electrons. The molecule has 1 saturated carbocycles. The molecule has 0 radical (unpaired) electrons. The Labute approximate surface area is 173 Å². The number of methoxy groups -OCH3 is 1. The van der Waals surface area contributed by atoms with Crippen molar-refractivity contribution in [3.63, 3.8) is 0 Å². The molecule has 2 atom stereocenters. The Kier molecular flexibility index (Phi) is 5.06. The summed E-state index contributed by atoms with van der Waals surface area (Å²) < 4.78 is 5.22. The van der Waals surface area contributed by atoms with Crippen molar-refractivity contribution in [1.82, 2.24) is 10.2 Å². The number of nitrogens with zero attached hydrogens (tertiary/aromatic N) is 1. The van der Waals surface area contributed by atoms with Crippen LogP contribution in [-0.2, 0) is 19.8 Å². The number of amides is 2. The summed E-state index contributed by atoms with van der Waals surface area (Å²) in [6.45, 7) is 1.73. The van der Waals surface area contributed by atoms with E-state index < -0.39 is 17.4 Å². The second kappa shape index (κ2) is 7.40. The van der Waals surface area contributed by atoms with E-state index in [1.807, 2.05) is 24.3 Å². The first-order valence-corrected chi connectivity index (χ1v) is 10.8. The van der Waals surface area contributed by atoms with E-state index >= 15 is 0 Å². The summed E-state index contributed by atoms with van der Waals surface area (Å²) in [6, 6.07) is 6.85. The Morgan fingerprint density at radius 2 is 1.90 bits per heavy atom. The van der Waals surface area contributed by atoms with Crippen molar-refractivity contribution in [2.75, 3.05) is 12.9 Å². The Balaban J connectivity index is 1.55. The van der Waals surface area contributed by atoms with Crippen molar-refractivity contribution >= 4 is 29.5 Å². The van der Waals surface area contributed by atoms with Crippen LogP contribution >= 0.6 is 11.8 Å². The maximum absolute atomic E-state index is 13.4. The van der Waals surface area contributed by atoms with Crippen molar-refractivity contribution in [1.29, 1.82) is 0 Å². The smallest absolute Gasteiger partial charge is 0.352 e. The van der Waals surface area contributed by atoms with E-state index in [0.717, 1.165) is 37.0 Å². The summed E-state index contributed by atoms with van der Waals surface area (Å²) in [5.41, 5.74) is 0.987. The first kappa shape index (κ1) is 19.8. The van der Waals surface area contributed by atoms with Crippen LogP contribution in [0.1, 0.15) is 38.2 Å². The lowest BCUT2D eigenvalue weighted by molar-refractivity contribution is -0.151. The lowest BCUT2D eigenvalue weighted by atomic mass is 9.77. The van der Waals surface area contributed by atoms with E-state index in [0.29, 0.717) is 11.3 Å². The van der Waals surface area contributed by atoms with Crippen molar-refractivity contribution in [3.05, 3.63) is 41.1 Å². The van der Waals surface area contributed by atoms with Crippen LogP contribution in [0.15, 0.2) is 35.5 Å². The lowest BCUT2D eigenvalue weighted by Gasteiger charge is -2.50. The summed E-state index contributed by atoms with van der Waals surface area (Å²) in [6.07, 6.45) is 3.36. The average Bonchev–Trinajstić information content (AvgIpc) is 3.22. The van der Waals surface area contributed by atoms with E-state index in [1.54, 1.807) is 14.0 Å². The molecule has 2 fully saturated rings. The Morgan fingerprint density at radius 1 is 1.24 bits per heavy atom. The highest BCUT2D eigenvalue weighted by atomic mass is 32.2. The molecule has 2 amide bonds. The van der Waals surface area contributed by atoms with Crippen LogP contribution in [0.2, 0.25) is 0 Å². The van der Waals surface area contributed by atoms with Gasteiger partial charge in [0.2, 0.25) is 5.91 Å². The van der Waals surface area contributed by atoms with Crippen LogP contribution in [0.5, 0.6) is 5.75 Å². The number of hydrogen-bond acceptors (Lipinski definition) is 5. The fourth-order valence-corrected chi connectivity index (χ4v) is 5.88. The quantitative estimate of drug-likeness (QED) is 0.715. The fourth-order valence-electron chi connectivity index (χ4n) is 4.59. The second-order valence-electron chi connectivity index (χ2n) is 7.81. The first-order chi connectivity index (χ1) is 13.9. The summed E-state index contributed by atoms with van der Waals surface area (Å²) in [5, 5.41) is 12.0. The van der Waals surface area contributed by atoms with Gasteiger partial charge in [0.25, 0.3) is 5.91 Å². The second-order valence-corrected chi connectivity index (χ2v) is 8.92. The van der Waals surface area contributed by atoms with Gasteiger partial charge in [-0.2, -0.15) is 0 Å². The maximum atomic E-state index is 13.4. The van der Waals surface area contributed by atoms with Gasteiger partial charge in [0, 0.05) is 5.75 Å². The number of β-lactam (4-membered cyclic amide) rings is 1. The molecule has 0 aromatic heterocycles. The predicted octanol–water partition coefficient (Wildman–Crippen LogP) is 2.27. The van der Waals surface area contributed by atoms with E-state index in [9.17, 15) is 19.5 Å². The molecule has 0 unspecified atom stereocenters. The average molecular weight is 416 g/mol. The molecule has 7 nitrogen and oxygen atoms in total. The van der Waals surface area contributed by atoms with Gasteiger partial charge in [-0.3, -0.25) is 14.5 Å². The molecule has 1 aromatic rings. The number of hydrogen-bond donors (Lipinski definition) is 2. The summed E-state index contributed by atoms with van der Waals surface area (Å²) in [4.78, 5) is 39.0. The van der Waals surface area contributed by atoms with Gasteiger partial charge in [-0.15, -0.1) is 11.8 Å². The van der Waals surface area contributed by atoms with E-state index in [-0.39, 0.29) is 22.9 Å². The number of benzene rings is 1. The zero-order chi connectivity index (χ0) is 20.8. The van der Waals surface area contributed by atoms with Gasteiger partial charge in [0.15, 0.2) is 0 Å². The molecule has 3 aliphatic rings. The lowest BCUT2D eigenvalue weighted by Crippen LogP contribution is -2.71. The molecule has 8 heteroatoms. The molecule has 0 bridgehead atoms. The largest absolute Gasteiger partial charge is 0.497 e. The number of rotatable bonds is 5. The molecule has 2 N–H and O–H groups in total. The Morgan fingerprint density at radius 3 is 2.48 bits per heavy atom. The van der Waals surface area contributed by atoms with E-state index in [4.69, 9.17) is 4.74 Å². The van der Waals surface area contributed by atoms with Gasteiger partial charge in [0.1, 0.15) is 22.9 Å². The molecule has 29 heavy (non-hydrogen) atoms. The third kappa shape index (κ3) is 3.10. The zero-order valence-corrected chi connectivity index (χ0v) is 17.3. The van der Waals surface area contributed by atoms with Crippen LogP contribution in [0.3, 0.4) is 0 Å². The Hall–Kier alpha value is -2.48. The van der Waals surface area contributed by atoms with Gasteiger partial charge in [-0.1, -0.05) is 25.0 Å². The summed E-state index contributed by atoms with van der Waals surface area (Å²) in [7, 11) is 1.60. The first-order valence-electron chi connectivity index (χ1n) is 9.72. The monoisotopic (exact) mass is 416 g/mol. The number of carbonyl (C=O) groups is 3. The van der Waals surface area contributed by atoms with Crippen LogP contribution in [-0.4, -0.2) is 52.1 Å². The highest BCUT2D eigenvalue weighted by Crippen LogP contribution is 2.44. The number of carboxylic acid groups (broad SMARTS) is 1. The van der Waals surface area contributed by atoms with Crippen LogP contribution in [0.25, 0.3) is 0 Å². The molecular weight excluding hydrogens is 392 g/mol. The highest BCUT2D eigenvalue weighted by molar-refractivity contribution is 8.00. The number of carbonyl (C=O) groups excluding carboxylic acids is 2. The van der Waals surface area contributed by atoms with Gasteiger partial charge >= 0.3 is 5.97 Å². The minimum absolute atomic E-state index is 0.0509. The van der Waals surface area contributed by atoms with Crippen LogP contribution in [0, 0.1) is 0 Å². The number of carboxylic acids is 1. The molecule has 4 rings (SSSR count). The van der Waals surface area contributed by atoms with Crippen molar-refractivity contribution in [2.24, 2.45) is 0 Å². The Bertz CT molecular complexity index is 889. The van der Waals surface area contributed by atoms with Crippen LogP contribution in [0.4, 0.5) is 0 Å². The van der Waals surface area contributed by atoms with Crippen LogP contribution < -0.4 is 10.1 Å². The molecule has 1 saturated heterocycles. The third-order valence-electron chi connectivity index (χ3n) is 6.18. The van der Waals surface area contributed by atoms with E-state index in [2.05, 4.69) is 5.32 Å². The number of aliphatic carboxylic acids is 1. The molecule has 1 aromatic carbocycles. The standard InChI is InChI=1S/C21H24N2O5S/c1-12-11-29-18-15(17(24)23(18)16(12)19(25)26)22-20(27)21(9-3-4-10-21)13-5-7-14(28-2)8-6-13/h5-8,15,18H,3-4,9-11H2,1-2H3,(H,22,27)(H,25,26)/t15-,18-/m1/s1. The number of nitrogens with one attached hydrogen (secondary N) is 1. The number of ether oxygens (including phenoxy) is 1. The summed E-state index contributed by atoms with van der Waals surface area (Å²) in [5.74, 6) is -0.339. The number of fused-ring (bicyclic) bond motifs is 1. The van der Waals surface area contributed by atoms with Gasteiger partial charge in [-0.25, -0.2) is 4.79 Å². The third-order valence-corrected chi connectivity index (χ3v) is 7.61. The highest BCUT2D eigenvalue weighted by Gasteiger charge is 2.55. The fraction of sp³-hybridized carbons (Fsp3) is 0.476. The topological polar surface area (TPSA) is 95.9 Å². The molecule has 1 aliphatic carbocycles. The maximum Gasteiger partial charge on any atom is 0.352 e. The molecule has 0 spiro atoms. The molecule has 2 heterocycles. The minimum Gasteiger partial charge on any atom is -0.497 e. The number of thioether (sulfide) groups is 1. The minimum atomic E-state index is -1.10.